The van der Waals surface area contributed by atoms with Gasteiger partial charge in [0.1, 0.15) is 5.82 Å². The Morgan fingerprint density at radius 3 is 2.56 bits per heavy atom. The van der Waals surface area contributed by atoms with E-state index < -0.39 is 5.60 Å². The lowest BCUT2D eigenvalue weighted by molar-refractivity contribution is -0.0241. The Bertz CT molecular complexity index is 885. The summed E-state index contributed by atoms with van der Waals surface area (Å²) in [6.07, 6.45) is 5.28. The summed E-state index contributed by atoms with van der Waals surface area (Å²) >= 11 is 0. The number of hydrogen-bond donors (Lipinski definition) is 2. The summed E-state index contributed by atoms with van der Waals surface area (Å²) in [6.45, 7) is 6.01. The molecule has 0 heterocycles. The van der Waals surface area contributed by atoms with Gasteiger partial charge in [-0.25, -0.2) is 4.39 Å². The van der Waals surface area contributed by atoms with Crippen LogP contribution in [0.1, 0.15) is 62.1 Å². The molecule has 1 aliphatic rings. The van der Waals surface area contributed by atoms with E-state index in [-0.39, 0.29) is 11.7 Å². The van der Waals surface area contributed by atoms with Gasteiger partial charge in [0.2, 0.25) is 0 Å². The van der Waals surface area contributed by atoms with Crippen molar-refractivity contribution < 1.29 is 19.0 Å². The van der Waals surface area contributed by atoms with Crippen LogP contribution in [-0.2, 0) is 12.8 Å². The van der Waals surface area contributed by atoms with Crippen LogP contribution in [0.2, 0.25) is 0 Å². The predicted molar refractivity (Wildman–Crippen MR) is 127 cm³/mol. The zero-order valence-electron chi connectivity index (χ0n) is 19.9. The Hall–Kier alpha value is -2.11. The fourth-order valence-corrected chi connectivity index (χ4v) is 5.20. The number of rotatable bonds is 11. The Kier molecular flexibility index (Phi) is 8.55. The van der Waals surface area contributed by atoms with Crippen molar-refractivity contribution in [2.45, 2.75) is 63.9 Å². The summed E-state index contributed by atoms with van der Waals surface area (Å²) < 4.78 is 24.3. The number of halogens is 1. The number of fused-ring (bicyclic) bond motifs is 1. The molecule has 2 aromatic rings. The van der Waals surface area contributed by atoms with Gasteiger partial charge in [0.05, 0.1) is 19.8 Å². The van der Waals surface area contributed by atoms with Gasteiger partial charge in [-0.05, 0) is 98.5 Å². The third kappa shape index (κ3) is 5.81. The minimum atomic E-state index is -0.744. The summed E-state index contributed by atoms with van der Waals surface area (Å²) in [6, 6.07) is 11.1. The smallest absolute Gasteiger partial charge is 0.160 e. The highest BCUT2D eigenvalue weighted by atomic mass is 19.1. The summed E-state index contributed by atoms with van der Waals surface area (Å²) in [5.41, 5.74) is 2.67. The zero-order valence-corrected chi connectivity index (χ0v) is 19.9. The molecule has 0 spiro atoms. The van der Waals surface area contributed by atoms with E-state index >= 15 is 0 Å². The summed E-state index contributed by atoms with van der Waals surface area (Å²) in [4.78, 5) is 0. The Morgan fingerprint density at radius 2 is 1.84 bits per heavy atom. The molecule has 3 rings (SSSR count). The molecule has 2 N–H and O–H groups in total. The Labute approximate surface area is 192 Å². The van der Waals surface area contributed by atoms with Crippen LogP contribution in [0.4, 0.5) is 4.39 Å². The number of unbranched alkanes of at least 4 members (excludes halogenated alkanes) is 1. The van der Waals surface area contributed by atoms with E-state index in [1.165, 1.54) is 11.6 Å². The number of nitrogens with one attached hydrogen (secondary N) is 1. The standard InChI is InChI=1S/C27H38FNO3/c1-19(2)26-23-10-9-22(28)18-21(23)12-13-27(26,30)14-16-29-15-6-5-7-20-8-11-24(31-3)25(17-20)32-4/h8-11,17-19,26,29-30H,5-7,12-16H2,1-4H3. The van der Waals surface area contributed by atoms with Crippen molar-refractivity contribution >= 4 is 0 Å². The molecule has 2 unspecified atom stereocenters. The lowest BCUT2D eigenvalue weighted by atomic mass is 9.66. The SMILES string of the molecule is COc1ccc(CCCCNCCC2(O)CCc3cc(F)ccc3C2C(C)C)cc1OC. The molecule has 2 aromatic carbocycles. The monoisotopic (exact) mass is 443 g/mol. The van der Waals surface area contributed by atoms with Crippen LogP contribution in [0.3, 0.4) is 0 Å². The second kappa shape index (κ2) is 11.2. The first-order valence-electron chi connectivity index (χ1n) is 11.8. The Morgan fingerprint density at radius 1 is 1.06 bits per heavy atom. The van der Waals surface area contributed by atoms with E-state index in [9.17, 15) is 9.50 Å². The molecular weight excluding hydrogens is 405 g/mol. The van der Waals surface area contributed by atoms with Crippen LogP contribution in [0, 0.1) is 11.7 Å². The van der Waals surface area contributed by atoms with Gasteiger partial charge in [-0.15, -0.1) is 0 Å². The third-order valence-corrected chi connectivity index (χ3v) is 6.76. The molecule has 0 bridgehead atoms. The maximum absolute atomic E-state index is 13.7. The molecule has 0 fully saturated rings. The molecule has 0 radical (unpaired) electrons. The van der Waals surface area contributed by atoms with Crippen LogP contribution >= 0.6 is 0 Å². The van der Waals surface area contributed by atoms with Crippen LogP contribution in [0.25, 0.3) is 0 Å². The quantitative estimate of drug-likeness (QED) is 0.465. The number of ether oxygens (including phenoxy) is 2. The number of hydrogen-bond acceptors (Lipinski definition) is 4. The topological polar surface area (TPSA) is 50.7 Å². The number of aliphatic hydroxyl groups is 1. The number of methoxy groups -OCH3 is 2. The Balaban J connectivity index is 1.44. The number of aryl methyl sites for hydroxylation is 2. The van der Waals surface area contributed by atoms with Gasteiger partial charge >= 0.3 is 0 Å². The molecule has 0 saturated heterocycles. The molecule has 0 aliphatic heterocycles. The van der Waals surface area contributed by atoms with Crippen LogP contribution < -0.4 is 14.8 Å². The van der Waals surface area contributed by atoms with Crippen LogP contribution in [0.15, 0.2) is 36.4 Å². The van der Waals surface area contributed by atoms with Crippen molar-refractivity contribution in [1.29, 1.82) is 0 Å². The molecule has 1 aliphatic carbocycles. The van der Waals surface area contributed by atoms with Crippen molar-refractivity contribution in [2.24, 2.45) is 5.92 Å². The molecular formula is C27H38FNO3. The average Bonchev–Trinajstić information content (AvgIpc) is 2.78. The van der Waals surface area contributed by atoms with Crippen molar-refractivity contribution in [1.82, 2.24) is 5.32 Å². The first-order valence-corrected chi connectivity index (χ1v) is 11.8. The van der Waals surface area contributed by atoms with Gasteiger partial charge in [0.25, 0.3) is 0 Å². The lowest BCUT2D eigenvalue weighted by Gasteiger charge is -2.44. The molecule has 4 nitrogen and oxygen atoms in total. The lowest BCUT2D eigenvalue weighted by Crippen LogP contribution is -2.45. The van der Waals surface area contributed by atoms with E-state index in [2.05, 4.69) is 25.2 Å². The average molecular weight is 444 g/mol. The predicted octanol–water partition coefficient (Wildman–Crippen LogP) is 5.26. The molecule has 0 saturated carbocycles. The second-order valence-electron chi connectivity index (χ2n) is 9.31. The summed E-state index contributed by atoms with van der Waals surface area (Å²) in [5, 5.41) is 15.0. The van der Waals surface area contributed by atoms with E-state index in [1.807, 2.05) is 18.2 Å². The van der Waals surface area contributed by atoms with Gasteiger partial charge in [0, 0.05) is 5.92 Å². The maximum Gasteiger partial charge on any atom is 0.160 e. The maximum atomic E-state index is 13.7. The zero-order chi connectivity index (χ0) is 23.1. The van der Waals surface area contributed by atoms with E-state index in [0.29, 0.717) is 18.8 Å². The highest BCUT2D eigenvalue weighted by Gasteiger charge is 2.42. The summed E-state index contributed by atoms with van der Waals surface area (Å²) in [7, 11) is 3.31. The highest BCUT2D eigenvalue weighted by molar-refractivity contribution is 5.43. The van der Waals surface area contributed by atoms with Crippen molar-refractivity contribution in [3.8, 4) is 11.5 Å². The fraction of sp³-hybridized carbons (Fsp3) is 0.556. The molecule has 5 heteroatoms. The molecule has 0 amide bonds. The van der Waals surface area contributed by atoms with Gasteiger partial charge in [-0.1, -0.05) is 26.0 Å². The minimum Gasteiger partial charge on any atom is -0.493 e. The van der Waals surface area contributed by atoms with E-state index in [1.54, 1.807) is 20.3 Å². The largest absolute Gasteiger partial charge is 0.493 e. The fourth-order valence-electron chi connectivity index (χ4n) is 5.20. The summed E-state index contributed by atoms with van der Waals surface area (Å²) in [5.74, 6) is 1.68. The third-order valence-electron chi connectivity index (χ3n) is 6.76. The highest BCUT2D eigenvalue weighted by Crippen LogP contribution is 2.45. The van der Waals surface area contributed by atoms with Gasteiger partial charge in [-0.2, -0.15) is 0 Å². The molecule has 32 heavy (non-hydrogen) atoms. The van der Waals surface area contributed by atoms with Crippen molar-refractivity contribution in [3.63, 3.8) is 0 Å². The van der Waals surface area contributed by atoms with Crippen LogP contribution in [-0.4, -0.2) is 38.0 Å². The van der Waals surface area contributed by atoms with Gasteiger partial charge in [-0.3, -0.25) is 0 Å². The second-order valence-corrected chi connectivity index (χ2v) is 9.31. The van der Waals surface area contributed by atoms with Crippen LogP contribution in [0.5, 0.6) is 11.5 Å². The first-order chi connectivity index (χ1) is 15.4. The minimum absolute atomic E-state index is 0.0405. The van der Waals surface area contributed by atoms with Gasteiger partial charge < -0.3 is 19.9 Å². The molecule has 176 valence electrons. The van der Waals surface area contributed by atoms with Crippen molar-refractivity contribution in [2.75, 3.05) is 27.3 Å². The molecule has 0 aromatic heterocycles. The number of benzene rings is 2. The molecule has 2 atom stereocenters. The first kappa shape index (κ1) is 24.5. The van der Waals surface area contributed by atoms with E-state index in [0.717, 1.165) is 61.4 Å². The van der Waals surface area contributed by atoms with E-state index in [4.69, 9.17) is 9.47 Å². The van der Waals surface area contributed by atoms with Gasteiger partial charge in [0.15, 0.2) is 11.5 Å². The van der Waals surface area contributed by atoms with Crippen molar-refractivity contribution in [3.05, 3.63) is 58.9 Å². The normalized spacial score (nSPS) is 20.3.